The number of nitrogens with two attached hydrogens (primary N) is 1. The number of thiazole rings is 1. The van der Waals surface area contributed by atoms with Crippen molar-refractivity contribution in [1.82, 2.24) is 9.38 Å². The fraction of sp³-hybridized carbons (Fsp3) is 0.0667. The van der Waals surface area contributed by atoms with Gasteiger partial charge in [0, 0.05) is 28.5 Å². The van der Waals surface area contributed by atoms with E-state index in [0.29, 0.717) is 16.2 Å². The molecule has 7 nitrogen and oxygen atoms in total. The molecule has 0 saturated carbocycles. The van der Waals surface area contributed by atoms with Crippen molar-refractivity contribution in [2.75, 3.05) is 5.32 Å². The maximum atomic E-state index is 12.3. The van der Waals surface area contributed by atoms with Gasteiger partial charge in [0.2, 0.25) is 5.91 Å². The predicted molar refractivity (Wildman–Crippen MR) is 87.0 cm³/mol. The lowest BCUT2D eigenvalue weighted by atomic mass is 10.2. The summed E-state index contributed by atoms with van der Waals surface area (Å²) in [6, 6.07) is 6.07. The number of nitrogens with zero attached hydrogens (tertiary/aromatic N) is 2. The fourth-order valence-electron chi connectivity index (χ4n) is 2.07. The highest BCUT2D eigenvalue weighted by atomic mass is 32.1. The molecule has 1 aromatic carbocycles. The summed E-state index contributed by atoms with van der Waals surface area (Å²) in [5.74, 6) is -1.11. The first-order valence-electron chi connectivity index (χ1n) is 6.65. The molecule has 23 heavy (non-hydrogen) atoms. The van der Waals surface area contributed by atoms with Crippen LogP contribution >= 0.6 is 11.3 Å². The van der Waals surface area contributed by atoms with E-state index in [-0.39, 0.29) is 5.56 Å². The van der Waals surface area contributed by atoms with Crippen molar-refractivity contribution in [2.24, 2.45) is 5.73 Å². The Morgan fingerprint density at radius 3 is 2.61 bits per heavy atom. The SMILES string of the molecule is Cc1cn2c(=O)c(C(=O)Nc3ccc(C(N)=O)cc3)cnc2s1. The Morgan fingerprint density at radius 2 is 1.96 bits per heavy atom. The van der Waals surface area contributed by atoms with Crippen molar-refractivity contribution in [1.29, 1.82) is 0 Å². The number of benzene rings is 1. The molecular formula is C15H12N4O3S. The van der Waals surface area contributed by atoms with Gasteiger partial charge in [-0.15, -0.1) is 11.3 Å². The Kier molecular flexibility index (Phi) is 3.67. The average Bonchev–Trinajstić information content (AvgIpc) is 2.89. The molecule has 3 N–H and O–H groups in total. The first-order valence-corrected chi connectivity index (χ1v) is 7.46. The molecule has 0 aliphatic heterocycles. The van der Waals surface area contributed by atoms with Gasteiger partial charge in [-0.25, -0.2) is 4.98 Å². The molecule has 2 heterocycles. The van der Waals surface area contributed by atoms with Crippen LogP contribution in [0.4, 0.5) is 5.69 Å². The molecule has 116 valence electrons. The van der Waals surface area contributed by atoms with Gasteiger partial charge in [-0.3, -0.25) is 18.8 Å². The number of carbonyl (C=O) groups is 2. The summed E-state index contributed by atoms with van der Waals surface area (Å²) in [5, 5.41) is 2.60. The average molecular weight is 328 g/mol. The third-order valence-electron chi connectivity index (χ3n) is 3.19. The number of hydrogen-bond acceptors (Lipinski definition) is 5. The molecule has 3 aromatic rings. The van der Waals surface area contributed by atoms with Gasteiger partial charge in [0.15, 0.2) is 4.96 Å². The second kappa shape index (κ2) is 5.65. The lowest BCUT2D eigenvalue weighted by molar-refractivity contribution is 0.0998. The molecule has 0 saturated heterocycles. The zero-order valence-electron chi connectivity index (χ0n) is 12.1. The third-order valence-corrected chi connectivity index (χ3v) is 4.11. The smallest absolute Gasteiger partial charge is 0.271 e. The van der Waals surface area contributed by atoms with E-state index in [2.05, 4.69) is 10.3 Å². The van der Waals surface area contributed by atoms with Crippen LogP contribution in [-0.2, 0) is 0 Å². The van der Waals surface area contributed by atoms with Crippen LogP contribution in [0.1, 0.15) is 25.6 Å². The van der Waals surface area contributed by atoms with Crippen LogP contribution in [-0.4, -0.2) is 21.2 Å². The topological polar surface area (TPSA) is 107 Å². The van der Waals surface area contributed by atoms with Gasteiger partial charge in [-0.1, -0.05) is 0 Å². The van der Waals surface area contributed by atoms with Crippen molar-refractivity contribution in [3.63, 3.8) is 0 Å². The van der Waals surface area contributed by atoms with Crippen LogP contribution in [0.5, 0.6) is 0 Å². The van der Waals surface area contributed by atoms with Gasteiger partial charge in [-0.05, 0) is 31.2 Å². The third kappa shape index (κ3) is 2.84. The highest BCUT2D eigenvalue weighted by molar-refractivity contribution is 7.16. The molecular weight excluding hydrogens is 316 g/mol. The molecule has 0 fully saturated rings. The normalized spacial score (nSPS) is 10.7. The Labute approximate surface area is 134 Å². The summed E-state index contributed by atoms with van der Waals surface area (Å²) in [5.41, 5.74) is 5.45. The number of hydrogen-bond donors (Lipinski definition) is 2. The second-order valence-electron chi connectivity index (χ2n) is 4.87. The van der Waals surface area contributed by atoms with E-state index in [0.717, 1.165) is 4.88 Å². The summed E-state index contributed by atoms with van der Waals surface area (Å²) in [7, 11) is 0. The minimum Gasteiger partial charge on any atom is -0.366 e. The number of rotatable bonds is 3. The molecule has 0 bridgehead atoms. The van der Waals surface area contributed by atoms with Crippen LogP contribution in [0, 0.1) is 6.92 Å². The Morgan fingerprint density at radius 1 is 1.26 bits per heavy atom. The van der Waals surface area contributed by atoms with Crippen LogP contribution in [0.15, 0.2) is 41.5 Å². The van der Waals surface area contributed by atoms with Gasteiger partial charge in [0.25, 0.3) is 11.5 Å². The summed E-state index contributed by atoms with van der Waals surface area (Å²) in [6.45, 7) is 1.86. The molecule has 2 aromatic heterocycles. The Hall–Kier alpha value is -3.00. The maximum Gasteiger partial charge on any atom is 0.271 e. The number of primary amides is 1. The van der Waals surface area contributed by atoms with Crippen LogP contribution < -0.4 is 16.6 Å². The first-order chi connectivity index (χ1) is 11.0. The zero-order valence-corrected chi connectivity index (χ0v) is 12.9. The number of carbonyl (C=O) groups excluding carboxylic acids is 2. The fourth-order valence-corrected chi connectivity index (χ4v) is 2.85. The van der Waals surface area contributed by atoms with E-state index in [1.54, 1.807) is 6.20 Å². The minimum atomic E-state index is -0.562. The number of fused-ring (bicyclic) bond motifs is 1. The monoisotopic (exact) mass is 328 g/mol. The summed E-state index contributed by atoms with van der Waals surface area (Å²) in [4.78, 5) is 41.2. The molecule has 0 spiro atoms. The molecule has 2 amide bonds. The number of aryl methyl sites for hydroxylation is 1. The van der Waals surface area contributed by atoms with Crippen molar-refractivity contribution in [2.45, 2.75) is 6.92 Å². The lowest BCUT2D eigenvalue weighted by Crippen LogP contribution is -2.25. The van der Waals surface area contributed by atoms with E-state index in [1.165, 1.54) is 46.2 Å². The van der Waals surface area contributed by atoms with Crippen LogP contribution in [0.3, 0.4) is 0 Å². The van der Waals surface area contributed by atoms with Gasteiger partial charge >= 0.3 is 0 Å². The zero-order chi connectivity index (χ0) is 16.6. The highest BCUT2D eigenvalue weighted by Gasteiger charge is 2.14. The van der Waals surface area contributed by atoms with Gasteiger partial charge in [-0.2, -0.15) is 0 Å². The summed E-state index contributed by atoms with van der Waals surface area (Å²) in [6.07, 6.45) is 2.91. The second-order valence-corrected chi connectivity index (χ2v) is 6.08. The summed E-state index contributed by atoms with van der Waals surface area (Å²) < 4.78 is 1.35. The minimum absolute atomic E-state index is 0.0562. The largest absolute Gasteiger partial charge is 0.366 e. The summed E-state index contributed by atoms with van der Waals surface area (Å²) >= 11 is 1.37. The van der Waals surface area contributed by atoms with E-state index in [9.17, 15) is 14.4 Å². The first kappa shape index (κ1) is 14.9. The van der Waals surface area contributed by atoms with Crippen molar-refractivity contribution in [3.05, 3.63) is 63.0 Å². The Bertz CT molecular complexity index is 973. The predicted octanol–water partition coefficient (Wildman–Crippen LogP) is 1.42. The molecule has 3 rings (SSSR count). The van der Waals surface area contributed by atoms with Gasteiger partial charge in [0.1, 0.15) is 5.56 Å². The Balaban J connectivity index is 1.90. The highest BCUT2D eigenvalue weighted by Crippen LogP contribution is 2.14. The van der Waals surface area contributed by atoms with Crippen molar-refractivity contribution < 1.29 is 9.59 Å². The van der Waals surface area contributed by atoms with E-state index in [1.807, 2.05) is 6.92 Å². The molecule has 0 radical (unpaired) electrons. The van der Waals surface area contributed by atoms with Crippen molar-refractivity contribution in [3.8, 4) is 0 Å². The molecule has 0 aliphatic carbocycles. The molecule has 0 unspecified atom stereocenters. The van der Waals surface area contributed by atoms with E-state index in [4.69, 9.17) is 5.73 Å². The molecule has 0 atom stereocenters. The van der Waals surface area contributed by atoms with Crippen molar-refractivity contribution >= 4 is 33.8 Å². The van der Waals surface area contributed by atoms with E-state index < -0.39 is 17.4 Å². The molecule has 8 heteroatoms. The van der Waals surface area contributed by atoms with Gasteiger partial charge < -0.3 is 11.1 Å². The number of anilines is 1. The van der Waals surface area contributed by atoms with Crippen LogP contribution in [0.2, 0.25) is 0 Å². The quantitative estimate of drug-likeness (QED) is 0.758. The number of aromatic nitrogens is 2. The standard InChI is InChI=1S/C15H12N4O3S/c1-8-7-19-14(22)11(6-17-15(19)23-8)13(21)18-10-4-2-9(3-5-10)12(16)20/h2-7H,1H3,(H2,16,20)(H,18,21). The number of nitrogens with one attached hydrogen (secondary N) is 1. The lowest BCUT2D eigenvalue weighted by Gasteiger charge is -2.05. The maximum absolute atomic E-state index is 12.3. The van der Waals surface area contributed by atoms with E-state index >= 15 is 0 Å². The molecule has 0 aliphatic rings. The van der Waals surface area contributed by atoms with Gasteiger partial charge in [0.05, 0.1) is 0 Å². The number of amides is 2. The van der Waals surface area contributed by atoms with Crippen LogP contribution in [0.25, 0.3) is 4.96 Å².